The second kappa shape index (κ2) is 9.29. The van der Waals surface area contributed by atoms with Crippen LogP contribution in [0.25, 0.3) is 0 Å². The van der Waals surface area contributed by atoms with Crippen LogP contribution in [-0.4, -0.2) is 49.7 Å². The van der Waals surface area contributed by atoms with Crippen molar-refractivity contribution < 1.29 is 13.2 Å². The van der Waals surface area contributed by atoms with Crippen LogP contribution in [0.4, 0.5) is 0 Å². The third-order valence-corrected chi connectivity index (χ3v) is 7.77. The minimum absolute atomic E-state index is 0.184. The fourth-order valence-corrected chi connectivity index (χ4v) is 5.68. The maximum Gasteiger partial charge on any atom is 0.251 e. The highest BCUT2D eigenvalue weighted by atomic mass is 32.2. The van der Waals surface area contributed by atoms with Crippen molar-refractivity contribution in [2.45, 2.75) is 43.7 Å². The van der Waals surface area contributed by atoms with Gasteiger partial charge >= 0.3 is 0 Å². The minimum atomic E-state index is -3.53. The molecule has 0 spiro atoms. The summed E-state index contributed by atoms with van der Waals surface area (Å²) >= 11 is 0. The molecule has 2 saturated heterocycles. The first-order chi connectivity index (χ1) is 14.5. The van der Waals surface area contributed by atoms with Gasteiger partial charge in [0, 0.05) is 31.7 Å². The lowest BCUT2D eigenvalue weighted by molar-refractivity contribution is 0.0950. The van der Waals surface area contributed by atoms with Crippen molar-refractivity contribution in [2.75, 3.05) is 26.2 Å². The van der Waals surface area contributed by atoms with Crippen LogP contribution in [0.2, 0.25) is 0 Å². The summed E-state index contributed by atoms with van der Waals surface area (Å²) in [6, 6.07) is 14.6. The number of hydrogen-bond acceptors (Lipinski definition) is 4. The van der Waals surface area contributed by atoms with E-state index in [1.807, 2.05) is 12.1 Å². The molecule has 0 radical (unpaired) electrons. The van der Waals surface area contributed by atoms with Crippen LogP contribution in [0.3, 0.4) is 0 Å². The standard InChI is InChI=1S/C23H29N3O3S/c27-23(21-6-5-7-22(16-21)30(28,29)26-14-3-4-15-26)24-17-19-8-10-20(11-9-19)18-25-12-1-2-13-25/h5-11,16H,1-4,12-15,17-18H2,(H,24,27). The molecule has 1 amide bonds. The molecule has 0 bridgehead atoms. The molecule has 0 unspecified atom stereocenters. The predicted molar refractivity (Wildman–Crippen MR) is 117 cm³/mol. The number of nitrogens with one attached hydrogen (secondary N) is 1. The van der Waals surface area contributed by atoms with Crippen molar-refractivity contribution in [3.05, 3.63) is 65.2 Å². The highest BCUT2D eigenvalue weighted by Crippen LogP contribution is 2.21. The van der Waals surface area contributed by atoms with Crippen molar-refractivity contribution in [3.8, 4) is 0 Å². The van der Waals surface area contributed by atoms with Gasteiger partial charge in [0.05, 0.1) is 4.90 Å². The van der Waals surface area contributed by atoms with Gasteiger partial charge in [-0.25, -0.2) is 8.42 Å². The monoisotopic (exact) mass is 427 g/mol. The zero-order valence-electron chi connectivity index (χ0n) is 17.2. The van der Waals surface area contributed by atoms with Gasteiger partial charge in [-0.15, -0.1) is 0 Å². The summed E-state index contributed by atoms with van der Waals surface area (Å²) in [5, 5.41) is 2.90. The maximum atomic E-state index is 12.7. The third kappa shape index (κ3) is 4.91. The molecular weight excluding hydrogens is 398 g/mol. The summed E-state index contributed by atoms with van der Waals surface area (Å²) in [4.78, 5) is 15.2. The minimum Gasteiger partial charge on any atom is -0.348 e. The van der Waals surface area contributed by atoms with Gasteiger partial charge in [0.2, 0.25) is 10.0 Å². The number of sulfonamides is 1. The van der Waals surface area contributed by atoms with E-state index in [2.05, 4.69) is 22.3 Å². The lowest BCUT2D eigenvalue weighted by Gasteiger charge is -2.16. The van der Waals surface area contributed by atoms with E-state index in [0.717, 1.165) is 24.9 Å². The number of rotatable bonds is 7. The first-order valence-corrected chi connectivity index (χ1v) is 12.1. The van der Waals surface area contributed by atoms with Crippen LogP contribution in [0.5, 0.6) is 0 Å². The topological polar surface area (TPSA) is 69.7 Å². The van der Waals surface area contributed by atoms with Crippen LogP contribution < -0.4 is 5.32 Å². The van der Waals surface area contributed by atoms with Crippen LogP contribution >= 0.6 is 0 Å². The van der Waals surface area contributed by atoms with E-state index in [0.29, 0.717) is 25.2 Å². The number of nitrogens with zero attached hydrogens (tertiary/aromatic N) is 2. The van der Waals surface area contributed by atoms with E-state index < -0.39 is 10.0 Å². The summed E-state index contributed by atoms with van der Waals surface area (Å²) in [5.41, 5.74) is 2.67. The average Bonchev–Trinajstić information content (AvgIpc) is 3.48. The fourth-order valence-electron chi connectivity index (χ4n) is 4.12. The van der Waals surface area contributed by atoms with Crippen LogP contribution in [0.1, 0.15) is 47.2 Å². The lowest BCUT2D eigenvalue weighted by atomic mass is 10.1. The van der Waals surface area contributed by atoms with E-state index in [9.17, 15) is 13.2 Å². The highest BCUT2D eigenvalue weighted by Gasteiger charge is 2.27. The van der Waals surface area contributed by atoms with Gasteiger partial charge in [0.15, 0.2) is 0 Å². The number of likely N-dealkylation sites (tertiary alicyclic amines) is 1. The van der Waals surface area contributed by atoms with Gasteiger partial charge in [0.25, 0.3) is 5.91 Å². The first-order valence-electron chi connectivity index (χ1n) is 10.7. The summed E-state index contributed by atoms with van der Waals surface area (Å²) < 4.78 is 27.0. The molecule has 6 nitrogen and oxygen atoms in total. The average molecular weight is 428 g/mol. The SMILES string of the molecule is O=C(NCc1ccc(CN2CCCC2)cc1)c1cccc(S(=O)(=O)N2CCCC2)c1. The van der Waals surface area contributed by atoms with Crippen molar-refractivity contribution >= 4 is 15.9 Å². The molecule has 2 fully saturated rings. The molecule has 0 atom stereocenters. The normalized spacial score (nSPS) is 18.0. The first kappa shape index (κ1) is 21.0. The lowest BCUT2D eigenvalue weighted by Crippen LogP contribution is -2.28. The van der Waals surface area contributed by atoms with Gasteiger partial charge in [0.1, 0.15) is 0 Å². The smallest absolute Gasteiger partial charge is 0.251 e. The Bertz CT molecular complexity index is 977. The van der Waals surface area contributed by atoms with E-state index in [1.165, 1.54) is 41.9 Å². The molecule has 30 heavy (non-hydrogen) atoms. The van der Waals surface area contributed by atoms with E-state index >= 15 is 0 Å². The molecule has 7 heteroatoms. The van der Waals surface area contributed by atoms with Crippen LogP contribution in [-0.2, 0) is 23.1 Å². The second-order valence-corrected chi connectivity index (χ2v) is 10.1. The van der Waals surface area contributed by atoms with E-state index in [4.69, 9.17) is 0 Å². The molecule has 4 rings (SSSR count). The molecule has 0 saturated carbocycles. The zero-order chi connectivity index (χ0) is 21.0. The van der Waals surface area contributed by atoms with Gasteiger partial charge in [-0.05, 0) is 68.1 Å². The third-order valence-electron chi connectivity index (χ3n) is 5.88. The molecule has 0 aliphatic carbocycles. The summed E-state index contributed by atoms with van der Waals surface area (Å²) in [5.74, 6) is -0.269. The molecule has 2 heterocycles. The number of benzene rings is 2. The van der Waals surface area contributed by atoms with Gasteiger partial charge < -0.3 is 5.32 Å². The van der Waals surface area contributed by atoms with Crippen molar-refractivity contribution in [3.63, 3.8) is 0 Å². The largest absolute Gasteiger partial charge is 0.348 e. The zero-order valence-corrected chi connectivity index (χ0v) is 18.0. The Morgan fingerprint density at radius 3 is 2.20 bits per heavy atom. The Morgan fingerprint density at radius 1 is 0.867 bits per heavy atom. The fraction of sp³-hybridized carbons (Fsp3) is 0.435. The van der Waals surface area contributed by atoms with Gasteiger partial charge in [-0.1, -0.05) is 30.3 Å². The molecule has 2 aliphatic heterocycles. The van der Waals surface area contributed by atoms with Gasteiger partial charge in [-0.2, -0.15) is 4.31 Å². The number of hydrogen-bond donors (Lipinski definition) is 1. The van der Waals surface area contributed by atoms with Crippen LogP contribution in [0, 0.1) is 0 Å². The Kier molecular flexibility index (Phi) is 6.51. The van der Waals surface area contributed by atoms with E-state index in [-0.39, 0.29) is 10.8 Å². The van der Waals surface area contributed by atoms with Crippen molar-refractivity contribution in [2.24, 2.45) is 0 Å². The number of amides is 1. The van der Waals surface area contributed by atoms with Crippen molar-refractivity contribution in [1.29, 1.82) is 0 Å². The molecule has 2 aromatic carbocycles. The molecule has 160 valence electrons. The Hall–Kier alpha value is -2.22. The number of carbonyl (C=O) groups excluding carboxylic acids is 1. The van der Waals surface area contributed by atoms with Crippen molar-refractivity contribution in [1.82, 2.24) is 14.5 Å². The summed E-state index contributed by atoms with van der Waals surface area (Å²) in [6.45, 7) is 4.82. The van der Waals surface area contributed by atoms with E-state index in [1.54, 1.807) is 18.2 Å². The predicted octanol–water partition coefficient (Wildman–Crippen LogP) is 3.00. The Labute approximate surface area is 178 Å². The highest BCUT2D eigenvalue weighted by molar-refractivity contribution is 7.89. The molecule has 0 aromatic heterocycles. The maximum absolute atomic E-state index is 12.7. The number of carbonyl (C=O) groups is 1. The summed E-state index contributed by atoms with van der Waals surface area (Å²) in [6.07, 6.45) is 4.34. The molecular formula is C23H29N3O3S. The van der Waals surface area contributed by atoms with Gasteiger partial charge in [-0.3, -0.25) is 9.69 Å². The van der Waals surface area contributed by atoms with Crippen LogP contribution in [0.15, 0.2) is 53.4 Å². The molecule has 2 aliphatic rings. The second-order valence-electron chi connectivity index (χ2n) is 8.12. The summed E-state index contributed by atoms with van der Waals surface area (Å²) in [7, 11) is -3.53. The Balaban J connectivity index is 1.36. The molecule has 2 aromatic rings. The molecule has 1 N–H and O–H groups in total. The Morgan fingerprint density at radius 2 is 1.50 bits per heavy atom. The quantitative estimate of drug-likeness (QED) is 0.738.